The second kappa shape index (κ2) is 5.75. The number of nitrogens with two attached hydrogens (primary N) is 1. The van der Waals surface area contributed by atoms with Crippen molar-refractivity contribution in [3.8, 4) is 5.88 Å². The van der Waals surface area contributed by atoms with Crippen molar-refractivity contribution in [1.29, 1.82) is 0 Å². The van der Waals surface area contributed by atoms with Crippen LogP contribution in [-0.2, 0) is 0 Å². The van der Waals surface area contributed by atoms with Crippen molar-refractivity contribution in [3.63, 3.8) is 0 Å². The van der Waals surface area contributed by atoms with E-state index < -0.39 is 0 Å². The quantitative estimate of drug-likeness (QED) is 0.899. The van der Waals surface area contributed by atoms with Crippen LogP contribution in [0.1, 0.15) is 12.5 Å². The Kier molecular flexibility index (Phi) is 4.06. The van der Waals surface area contributed by atoms with Gasteiger partial charge in [0, 0.05) is 0 Å². The predicted molar refractivity (Wildman–Crippen MR) is 77.1 cm³/mol. The van der Waals surface area contributed by atoms with Gasteiger partial charge in [0.05, 0.1) is 17.3 Å². The van der Waals surface area contributed by atoms with Gasteiger partial charge < -0.3 is 15.8 Å². The lowest BCUT2D eigenvalue weighted by Gasteiger charge is -2.12. The van der Waals surface area contributed by atoms with E-state index >= 15 is 0 Å². The zero-order valence-corrected chi connectivity index (χ0v) is 11.5. The highest BCUT2D eigenvalue weighted by Gasteiger charge is 2.10. The number of nitrogens with zero attached hydrogens (tertiary/aromatic N) is 2. The Morgan fingerprint density at radius 3 is 2.84 bits per heavy atom. The van der Waals surface area contributed by atoms with E-state index in [0.29, 0.717) is 29.0 Å². The first kappa shape index (κ1) is 13.4. The van der Waals surface area contributed by atoms with Crippen molar-refractivity contribution in [2.75, 3.05) is 17.7 Å². The number of hydrogen-bond acceptors (Lipinski definition) is 5. The molecule has 0 spiro atoms. The molecular weight excluding hydrogens is 264 g/mol. The van der Waals surface area contributed by atoms with E-state index in [1.54, 1.807) is 0 Å². The van der Waals surface area contributed by atoms with E-state index in [0.717, 1.165) is 11.3 Å². The summed E-state index contributed by atoms with van der Waals surface area (Å²) in [5.74, 6) is 0.840. The number of hydrogen-bond donors (Lipinski definition) is 2. The summed E-state index contributed by atoms with van der Waals surface area (Å²) in [7, 11) is 0. The van der Waals surface area contributed by atoms with Crippen LogP contribution < -0.4 is 15.8 Å². The Morgan fingerprint density at radius 1 is 1.37 bits per heavy atom. The molecule has 0 aliphatic heterocycles. The molecule has 2 aromatic rings. The minimum Gasteiger partial charge on any atom is -0.476 e. The van der Waals surface area contributed by atoms with Gasteiger partial charge in [-0.1, -0.05) is 17.7 Å². The van der Waals surface area contributed by atoms with Gasteiger partial charge in [0.15, 0.2) is 5.82 Å². The van der Waals surface area contributed by atoms with E-state index in [1.165, 1.54) is 6.33 Å². The first-order valence-corrected chi connectivity index (χ1v) is 6.26. The molecule has 3 N–H and O–H groups in total. The van der Waals surface area contributed by atoms with Crippen molar-refractivity contribution in [2.45, 2.75) is 13.8 Å². The van der Waals surface area contributed by atoms with Gasteiger partial charge in [-0.05, 0) is 31.5 Å². The SMILES string of the molecule is CCOc1ncnc(Nc2ccc(C)cc2Cl)c1N. The van der Waals surface area contributed by atoms with Crippen LogP contribution in [0, 0.1) is 6.92 Å². The highest BCUT2D eigenvalue weighted by molar-refractivity contribution is 6.33. The second-order valence-electron chi connectivity index (χ2n) is 3.98. The van der Waals surface area contributed by atoms with E-state index in [9.17, 15) is 0 Å². The summed E-state index contributed by atoms with van der Waals surface area (Å²) in [5, 5.41) is 3.69. The van der Waals surface area contributed by atoms with Gasteiger partial charge in [-0.2, -0.15) is 4.98 Å². The molecule has 0 amide bonds. The average Bonchev–Trinajstić information content (AvgIpc) is 2.37. The molecule has 0 saturated heterocycles. The normalized spacial score (nSPS) is 10.3. The lowest BCUT2D eigenvalue weighted by molar-refractivity contribution is 0.328. The topological polar surface area (TPSA) is 73.1 Å². The molecular formula is C13H15ClN4O. The third kappa shape index (κ3) is 3.06. The van der Waals surface area contributed by atoms with E-state index in [1.807, 2.05) is 32.0 Å². The van der Waals surface area contributed by atoms with Gasteiger partial charge in [-0.25, -0.2) is 4.98 Å². The molecule has 0 unspecified atom stereocenters. The third-order valence-electron chi connectivity index (χ3n) is 2.51. The van der Waals surface area contributed by atoms with Crippen LogP contribution >= 0.6 is 11.6 Å². The summed E-state index contributed by atoms with van der Waals surface area (Å²) < 4.78 is 5.32. The molecule has 6 heteroatoms. The Hall–Kier alpha value is -2.01. The van der Waals surface area contributed by atoms with Gasteiger partial charge in [0.25, 0.3) is 0 Å². The largest absolute Gasteiger partial charge is 0.476 e. The Labute approximate surface area is 116 Å². The van der Waals surface area contributed by atoms with Gasteiger partial charge in [-0.3, -0.25) is 0 Å². The van der Waals surface area contributed by atoms with Crippen LogP contribution in [0.25, 0.3) is 0 Å². The van der Waals surface area contributed by atoms with E-state index in [4.69, 9.17) is 22.1 Å². The maximum Gasteiger partial charge on any atom is 0.242 e. The third-order valence-corrected chi connectivity index (χ3v) is 2.82. The van der Waals surface area contributed by atoms with Crippen LogP contribution in [0.3, 0.4) is 0 Å². The number of aromatic nitrogens is 2. The molecule has 19 heavy (non-hydrogen) atoms. The summed E-state index contributed by atoms with van der Waals surface area (Å²) in [4.78, 5) is 8.07. The molecule has 5 nitrogen and oxygen atoms in total. The molecule has 0 radical (unpaired) electrons. The fourth-order valence-corrected chi connectivity index (χ4v) is 1.86. The summed E-state index contributed by atoms with van der Waals surface area (Å²) in [6.07, 6.45) is 1.39. The number of benzene rings is 1. The highest BCUT2D eigenvalue weighted by atomic mass is 35.5. The monoisotopic (exact) mass is 278 g/mol. The Balaban J connectivity index is 2.30. The molecule has 0 fully saturated rings. The van der Waals surface area contributed by atoms with Gasteiger partial charge >= 0.3 is 0 Å². The maximum atomic E-state index is 6.15. The average molecular weight is 279 g/mol. The summed E-state index contributed by atoms with van der Waals surface area (Å²) >= 11 is 6.15. The van der Waals surface area contributed by atoms with Crippen molar-refractivity contribution in [1.82, 2.24) is 9.97 Å². The molecule has 2 rings (SSSR count). The highest BCUT2D eigenvalue weighted by Crippen LogP contribution is 2.30. The number of rotatable bonds is 4. The lowest BCUT2D eigenvalue weighted by atomic mass is 10.2. The molecule has 0 aliphatic rings. The van der Waals surface area contributed by atoms with Crippen LogP contribution in [0.15, 0.2) is 24.5 Å². The fraction of sp³-hybridized carbons (Fsp3) is 0.231. The van der Waals surface area contributed by atoms with Crippen molar-refractivity contribution < 1.29 is 4.74 Å². The number of anilines is 3. The van der Waals surface area contributed by atoms with Crippen molar-refractivity contribution in [3.05, 3.63) is 35.1 Å². The van der Waals surface area contributed by atoms with Gasteiger partial charge in [0.2, 0.25) is 5.88 Å². The smallest absolute Gasteiger partial charge is 0.242 e. The molecule has 0 saturated carbocycles. The summed E-state index contributed by atoms with van der Waals surface area (Å²) in [6, 6.07) is 5.69. The predicted octanol–water partition coefficient (Wildman–Crippen LogP) is 3.16. The van der Waals surface area contributed by atoms with E-state index in [-0.39, 0.29) is 0 Å². The lowest BCUT2D eigenvalue weighted by Crippen LogP contribution is -2.05. The first-order valence-electron chi connectivity index (χ1n) is 5.88. The second-order valence-corrected chi connectivity index (χ2v) is 4.39. The molecule has 0 atom stereocenters. The summed E-state index contributed by atoms with van der Waals surface area (Å²) in [5.41, 5.74) is 8.12. The van der Waals surface area contributed by atoms with Crippen molar-refractivity contribution in [2.24, 2.45) is 0 Å². The first-order chi connectivity index (χ1) is 9.11. The van der Waals surface area contributed by atoms with E-state index in [2.05, 4.69) is 15.3 Å². The number of aryl methyl sites for hydroxylation is 1. The molecule has 100 valence electrons. The Bertz CT molecular complexity index is 589. The molecule has 0 bridgehead atoms. The van der Waals surface area contributed by atoms with Crippen LogP contribution in [0.2, 0.25) is 5.02 Å². The molecule has 1 aromatic heterocycles. The number of nitrogen functional groups attached to an aromatic ring is 1. The van der Waals surface area contributed by atoms with Gasteiger partial charge in [0.1, 0.15) is 12.0 Å². The van der Waals surface area contributed by atoms with Crippen LogP contribution in [0.4, 0.5) is 17.2 Å². The molecule has 0 aliphatic carbocycles. The van der Waals surface area contributed by atoms with Crippen LogP contribution in [0.5, 0.6) is 5.88 Å². The Morgan fingerprint density at radius 2 is 2.16 bits per heavy atom. The zero-order chi connectivity index (χ0) is 13.8. The molecule has 1 heterocycles. The molecule has 1 aromatic carbocycles. The maximum absolute atomic E-state index is 6.15. The summed E-state index contributed by atoms with van der Waals surface area (Å²) in [6.45, 7) is 4.33. The number of halogens is 1. The number of ether oxygens (including phenoxy) is 1. The van der Waals surface area contributed by atoms with Crippen molar-refractivity contribution >= 4 is 28.8 Å². The zero-order valence-electron chi connectivity index (χ0n) is 10.8. The van der Waals surface area contributed by atoms with Crippen LogP contribution in [-0.4, -0.2) is 16.6 Å². The number of nitrogens with one attached hydrogen (secondary N) is 1. The minimum atomic E-state index is 0.362. The van der Waals surface area contributed by atoms with Gasteiger partial charge in [-0.15, -0.1) is 0 Å². The fourth-order valence-electron chi connectivity index (χ4n) is 1.58. The minimum absolute atomic E-state index is 0.362. The standard InChI is InChI=1S/C13H15ClN4O/c1-3-19-13-11(15)12(16-7-17-13)18-10-5-4-8(2)6-9(10)14/h4-7H,3,15H2,1-2H3,(H,16,17,18).